The summed E-state index contributed by atoms with van der Waals surface area (Å²) >= 11 is 0. The number of aromatic amines is 1. The van der Waals surface area contributed by atoms with E-state index >= 15 is 0 Å². The van der Waals surface area contributed by atoms with Gasteiger partial charge in [-0.15, -0.1) is 0 Å². The van der Waals surface area contributed by atoms with Crippen LogP contribution in [0.4, 0.5) is 0 Å². The molecule has 100 valence electrons. The molecule has 19 heavy (non-hydrogen) atoms. The highest BCUT2D eigenvalue weighted by atomic mass is 16.1. The summed E-state index contributed by atoms with van der Waals surface area (Å²) in [5.74, 6) is 0.692. The van der Waals surface area contributed by atoms with E-state index < -0.39 is 0 Å². The van der Waals surface area contributed by atoms with Crippen LogP contribution in [0.5, 0.6) is 0 Å². The van der Waals surface area contributed by atoms with Gasteiger partial charge in [-0.2, -0.15) is 0 Å². The van der Waals surface area contributed by atoms with Crippen molar-refractivity contribution >= 4 is 16.9 Å². The summed E-state index contributed by atoms with van der Waals surface area (Å²) in [7, 11) is 0. The monoisotopic (exact) mass is 258 g/mol. The van der Waals surface area contributed by atoms with E-state index in [1.807, 2.05) is 18.2 Å². The average molecular weight is 258 g/mol. The molecule has 5 nitrogen and oxygen atoms in total. The number of benzene rings is 1. The molecule has 1 aromatic heterocycles. The molecule has 0 saturated carbocycles. The first kappa shape index (κ1) is 12.2. The lowest BCUT2D eigenvalue weighted by atomic mass is 10.1. The van der Waals surface area contributed by atoms with Crippen molar-refractivity contribution in [3.05, 3.63) is 30.1 Å². The fraction of sp³-hybridized carbons (Fsp3) is 0.429. The first-order chi connectivity index (χ1) is 9.33. The fourth-order valence-electron chi connectivity index (χ4n) is 2.53. The highest BCUT2D eigenvalue weighted by Crippen LogP contribution is 2.13. The van der Waals surface area contributed by atoms with Crippen LogP contribution in [0.1, 0.15) is 23.2 Å². The lowest BCUT2D eigenvalue weighted by molar-refractivity contribution is 0.0952. The molecule has 1 atom stereocenters. The number of imidazole rings is 1. The SMILES string of the molecule is O=C(NCCC1CCNC1)c1ccc2nc[nH]c2c1. The molecule has 0 radical (unpaired) electrons. The molecule has 1 aromatic carbocycles. The Kier molecular flexibility index (Phi) is 3.46. The van der Waals surface area contributed by atoms with E-state index in [4.69, 9.17) is 0 Å². The van der Waals surface area contributed by atoms with Gasteiger partial charge in [0.15, 0.2) is 0 Å². The molecule has 2 heterocycles. The van der Waals surface area contributed by atoms with Gasteiger partial charge in [-0.05, 0) is 50.0 Å². The standard InChI is InChI=1S/C14H18N4O/c19-14(16-6-4-10-3-5-15-8-10)11-1-2-12-13(7-11)18-9-17-12/h1-2,7,9-10,15H,3-6,8H2,(H,16,19)(H,17,18). The molecule has 1 fully saturated rings. The molecular weight excluding hydrogens is 240 g/mol. The van der Waals surface area contributed by atoms with Gasteiger partial charge in [0.1, 0.15) is 0 Å². The van der Waals surface area contributed by atoms with E-state index in [0.717, 1.165) is 37.1 Å². The van der Waals surface area contributed by atoms with Crippen molar-refractivity contribution in [2.24, 2.45) is 5.92 Å². The Balaban J connectivity index is 1.56. The number of carbonyl (C=O) groups excluding carboxylic acids is 1. The Morgan fingerprint density at radius 2 is 2.42 bits per heavy atom. The number of aromatic nitrogens is 2. The summed E-state index contributed by atoms with van der Waals surface area (Å²) in [5.41, 5.74) is 2.46. The highest BCUT2D eigenvalue weighted by Gasteiger charge is 2.14. The predicted molar refractivity (Wildman–Crippen MR) is 74.0 cm³/mol. The average Bonchev–Trinajstić information content (AvgIpc) is 3.08. The minimum atomic E-state index is -0.0116. The van der Waals surface area contributed by atoms with Gasteiger partial charge >= 0.3 is 0 Å². The first-order valence-electron chi connectivity index (χ1n) is 6.75. The van der Waals surface area contributed by atoms with Gasteiger partial charge in [0.05, 0.1) is 17.4 Å². The lowest BCUT2D eigenvalue weighted by Gasteiger charge is -2.09. The molecule has 2 aromatic rings. The second-order valence-electron chi connectivity index (χ2n) is 5.04. The Morgan fingerprint density at radius 3 is 3.26 bits per heavy atom. The quantitative estimate of drug-likeness (QED) is 0.774. The van der Waals surface area contributed by atoms with Gasteiger partial charge in [-0.1, -0.05) is 0 Å². The summed E-state index contributed by atoms with van der Waals surface area (Å²) in [6.07, 6.45) is 3.90. The zero-order valence-electron chi connectivity index (χ0n) is 10.8. The molecule has 1 saturated heterocycles. The zero-order valence-corrected chi connectivity index (χ0v) is 10.8. The van der Waals surface area contributed by atoms with E-state index in [1.54, 1.807) is 6.33 Å². The van der Waals surface area contributed by atoms with Crippen molar-refractivity contribution in [3.63, 3.8) is 0 Å². The Morgan fingerprint density at radius 1 is 1.47 bits per heavy atom. The van der Waals surface area contributed by atoms with Gasteiger partial charge in [0, 0.05) is 12.1 Å². The molecule has 1 aliphatic heterocycles. The van der Waals surface area contributed by atoms with Gasteiger partial charge in [-0.25, -0.2) is 4.98 Å². The summed E-state index contributed by atoms with van der Waals surface area (Å²) in [5, 5.41) is 6.32. The molecule has 0 aliphatic carbocycles. The van der Waals surface area contributed by atoms with E-state index in [-0.39, 0.29) is 5.91 Å². The summed E-state index contributed by atoms with van der Waals surface area (Å²) in [6.45, 7) is 2.93. The van der Waals surface area contributed by atoms with Crippen LogP contribution in [0.15, 0.2) is 24.5 Å². The Labute approximate surface area is 111 Å². The van der Waals surface area contributed by atoms with Crippen LogP contribution < -0.4 is 10.6 Å². The van der Waals surface area contributed by atoms with Crippen LogP contribution in [0, 0.1) is 5.92 Å². The first-order valence-corrected chi connectivity index (χ1v) is 6.75. The zero-order chi connectivity index (χ0) is 13.1. The normalized spacial score (nSPS) is 18.8. The van der Waals surface area contributed by atoms with Crippen molar-refractivity contribution < 1.29 is 4.79 Å². The van der Waals surface area contributed by atoms with Gasteiger partial charge in [0.2, 0.25) is 0 Å². The maximum Gasteiger partial charge on any atom is 0.251 e. The smallest absolute Gasteiger partial charge is 0.251 e. The van der Waals surface area contributed by atoms with Crippen molar-refractivity contribution in [2.45, 2.75) is 12.8 Å². The van der Waals surface area contributed by atoms with Crippen LogP contribution in [-0.4, -0.2) is 35.5 Å². The molecule has 1 unspecified atom stereocenters. The topological polar surface area (TPSA) is 69.8 Å². The van der Waals surface area contributed by atoms with Crippen LogP contribution in [0.2, 0.25) is 0 Å². The van der Waals surface area contributed by atoms with Crippen LogP contribution >= 0.6 is 0 Å². The largest absolute Gasteiger partial charge is 0.352 e. The molecule has 1 amide bonds. The van der Waals surface area contributed by atoms with Gasteiger partial charge in [-0.3, -0.25) is 4.79 Å². The minimum absolute atomic E-state index is 0.0116. The number of fused-ring (bicyclic) bond motifs is 1. The number of nitrogens with zero attached hydrogens (tertiary/aromatic N) is 1. The number of H-pyrrole nitrogens is 1. The molecule has 0 bridgehead atoms. The number of carbonyl (C=O) groups is 1. The summed E-state index contributed by atoms with van der Waals surface area (Å²) in [4.78, 5) is 19.2. The highest BCUT2D eigenvalue weighted by molar-refractivity contribution is 5.97. The third kappa shape index (κ3) is 2.76. The predicted octanol–water partition coefficient (Wildman–Crippen LogP) is 1.29. The number of rotatable bonds is 4. The molecule has 3 rings (SSSR count). The van der Waals surface area contributed by atoms with E-state index in [9.17, 15) is 4.79 Å². The van der Waals surface area contributed by atoms with Crippen LogP contribution in [0.25, 0.3) is 11.0 Å². The van der Waals surface area contributed by atoms with E-state index in [2.05, 4.69) is 20.6 Å². The number of hydrogen-bond donors (Lipinski definition) is 3. The summed E-state index contributed by atoms with van der Waals surface area (Å²) < 4.78 is 0. The maximum absolute atomic E-state index is 12.0. The van der Waals surface area contributed by atoms with Crippen molar-refractivity contribution in [1.82, 2.24) is 20.6 Å². The third-order valence-electron chi connectivity index (χ3n) is 3.68. The molecular formula is C14H18N4O. The molecule has 0 spiro atoms. The van der Waals surface area contributed by atoms with Crippen LogP contribution in [-0.2, 0) is 0 Å². The van der Waals surface area contributed by atoms with Crippen molar-refractivity contribution in [1.29, 1.82) is 0 Å². The van der Waals surface area contributed by atoms with E-state index in [0.29, 0.717) is 11.5 Å². The maximum atomic E-state index is 12.0. The Hall–Kier alpha value is -1.88. The second kappa shape index (κ2) is 5.40. The van der Waals surface area contributed by atoms with Crippen molar-refractivity contribution in [2.75, 3.05) is 19.6 Å². The Bertz CT molecular complexity index is 572. The summed E-state index contributed by atoms with van der Waals surface area (Å²) in [6, 6.07) is 5.52. The van der Waals surface area contributed by atoms with Crippen molar-refractivity contribution in [3.8, 4) is 0 Å². The number of amides is 1. The minimum Gasteiger partial charge on any atom is -0.352 e. The lowest BCUT2D eigenvalue weighted by Crippen LogP contribution is -2.26. The van der Waals surface area contributed by atoms with Crippen LogP contribution in [0.3, 0.4) is 0 Å². The molecule has 3 N–H and O–H groups in total. The number of hydrogen-bond acceptors (Lipinski definition) is 3. The van der Waals surface area contributed by atoms with Gasteiger partial charge < -0.3 is 15.6 Å². The van der Waals surface area contributed by atoms with Gasteiger partial charge in [0.25, 0.3) is 5.91 Å². The fourth-order valence-corrected chi connectivity index (χ4v) is 2.53. The molecule has 5 heteroatoms. The second-order valence-corrected chi connectivity index (χ2v) is 5.04. The molecule has 1 aliphatic rings. The third-order valence-corrected chi connectivity index (χ3v) is 3.68. The number of nitrogens with one attached hydrogen (secondary N) is 3. The van der Waals surface area contributed by atoms with E-state index in [1.165, 1.54) is 6.42 Å².